The van der Waals surface area contributed by atoms with Gasteiger partial charge in [-0.3, -0.25) is 0 Å². The average molecular weight is 345 g/mol. The summed E-state index contributed by atoms with van der Waals surface area (Å²) >= 11 is 0. The summed E-state index contributed by atoms with van der Waals surface area (Å²) in [7, 11) is 0. The van der Waals surface area contributed by atoms with E-state index in [1.165, 1.54) is 50.5 Å². The van der Waals surface area contributed by atoms with Crippen LogP contribution < -0.4 is 0 Å². The first kappa shape index (κ1) is 17.6. The molecular formula is C26H32. The molecule has 1 unspecified atom stereocenters. The molecule has 0 aliphatic heterocycles. The van der Waals surface area contributed by atoms with Crippen molar-refractivity contribution in [1.29, 1.82) is 0 Å². The summed E-state index contributed by atoms with van der Waals surface area (Å²) in [5.41, 5.74) is 7.75. The lowest BCUT2D eigenvalue weighted by Crippen LogP contribution is -2.14. The summed E-state index contributed by atoms with van der Waals surface area (Å²) < 4.78 is 0. The molecule has 0 amide bonds. The van der Waals surface area contributed by atoms with E-state index in [1.54, 1.807) is 22.3 Å². The van der Waals surface area contributed by atoms with Gasteiger partial charge in [-0.15, -0.1) is 6.58 Å². The molecule has 0 N–H and O–H groups in total. The van der Waals surface area contributed by atoms with Gasteiger partial charge in [-0.1, -0.05) is 55.5 Å². The first-order valence-corrected chi connectivity index (χ1v) is 10.6. The Kier molecular flexibility index (Phi) is 5.29. The molecule has 0 heterocycles. The molecular weight excluding hydrogens is 312 g/mol. The Morgan fingerprint density at radius 3 is 2.19 bits per heavy atom. The van der Waals surface area contributed by atoms with E-state index in [9.17, 15) is 0 Å². The van der Waals surface area contributed by atoms with Crippen LogP contribution in [-0.2, 0) is 19.3 Å². The largest absolute Gasteiger partial charge is 0.103 e. The summed E-state index contributed by atoms with van der Waals surface area (Å²) in [6.45, 7) is 6.22. The zero-order valence-electron chi connectivity index (χ0n) is 16.2. The summed E-state index contributed by atoms with van der Waals surface area (Å²) in [6, 6.07) is 16.8. The van der Waals surface area contributed by atoms with E-state index >= 15 is 0 Å². The van der Waals surface area contributed by atoms with Crippen molar-refractivity contribution < 1.29 is 0 Å². The van der Waals surface area contributed by atoms with Crippen molar-refractivity contribution in [2.45, 2.75) is 70.1 Å². The maximum Gasteiger partial charge on any atom is -0.0118 e. The fraction of sp³-hybridized carbons (Fsp3) is 0.462. The number of benzene rings is 2. The highest BCUT2D eigenvalue weighted by Crippen LogP contribution is 2.38. The maximum absolute atomic E-state index is 3.97. The normalized spacial score (nSPS) is 25.5. The molecule has 0 radical (unpaired) electrons. The molecule has 0 bridgehead atoms. The van der Waals surface area contributed by atoms with Crippen LogP contribution in [0.2, 0.25) is 0 Å². The fourth-order valence-electron chi connectivity index (χ4n) is 5.04. The third-order valence-electron chi connectivity index (χ3n) is 6.89. The van der Waals surface area contributed by atoms with Crippen molar-refractivity contribution in [2.24, 2.45) is 5.92 Å². The van der Waals surface area contributed by atoms with Crippen molar-refractivity contribution in [1.82, 2.24) is 0 Å². The first-order valence-electron chi connectivity index (χ1n) is 10.6. The molecule has 2 aromatic rings. The van der Waals surface area contributed by atoms with Gasteiger partial charge in [-0.2, -0.15) is 0 Å². The van der Waals surface area contributed by atoms with Crippen LogP contribution in [-0.4, -0.2) is 0 Å². The van der Waals surface area contributed by atoms with E-state index in [-0.39, 0.29) is 0 Å². The van der Waals surface area contributed by atoms with Gasteiger partial charge in [0.25, 0.3) is 0 Å². The van der Waals surface area contributed by atoms with Gasteiger partial charge in [0, 0.05) is 0 Å². The minimum absolute atomic E-state index is 0.695. The molecule has 1 atom stereocenters. The number of allylic oxidation sites excluding steroid dienone is 1. The fourth-order valence-corrected chi connectivity index (χ4v) is 5.04. The van der Waals surface area contributed by atoms with Crippen LogP contribution >= 0.6 is 0 Å². The van der Waals surface area contributed by atoms with Crippen molar-refractivity contribution in [2.75, 3.05) is 0 Å². The van der Waals surface area contributed by atoms with Crippen LogP contribution in [0.1, 0.15) is 78.7 Å². The van der Waals surface area contributed by atoms with Gasteiger partial charge in [-0.05, 0) is 96.9 Å². The summed E-state index contributed by atoms with van der Waals surface area (Å²) in [4.78, 5) is 0. The molecule has 1 saturated carbocycles. The Hall–Kier alpha value is -1.82. The number of hydrogen-bond acceptors (Lipinski definition) is 0. The van der Waals surface area contributed by atoms with Crippen molar-refractivity contribution in [3.8, 4) is 0 Å². The van der Waals surface area contributed by atoms with Crippen LogP contribution in [0, 0.1) is 5.92 Å². The molecule has 1 fully saturated rings. The van der Waals surface area contributed by atoms with Crippen LogP contribution in [0.3, 0.4) is 0 Å². The second-order valence-corrected chi connectivity index (χ2v) is 8.41. The minimum atomic E-state index is 0.695. The van der Waals surface area contributed by atoms with E-state index in [2.05, 4.69) is 62.0 Å². The minimum Gasteiger partial charge on any atom is -0.103 e. The molecule has 0 saturated heterocycles. The quantitative estimate of drug-likeness (QED) is 0.525. The highest BCUT2D eigenvalue weighted by Gasteiger charge is 2.23. The second kappa shape index (κ2) is 7.82. The topological polar surface area (TPSA) is 0 Å². The van der Waals surface area contributed by atoms with Crippen LogP contribution in [0.25, 0.3) is 0 Å². The number of fused-ring (bicyclic) bond motifs is 1. The molecule has 2 aromatic carbocycles. The lowest BCUT2D eigenvalue weighted by atomic mass is 9.77. The average Bonchev–Trinajstić information content (AvgIpc) is 2.73. The van der Waals surface area contributed by atoms with E-state index in [0.717, 1.165) is 18.3 Å². The Morgan fingerprint density at radius 2 is 1.54 bits per heavy atom. The molecule has 4 rings (SSSR count). The lowest BCUT2D eigenvalue weighted by Gasteiger charge is -2.28. The molecule has 0 aromatic heterocycles. The molecule has 0 heteroatoms. The number of hydrogen-bond donors (Lipinski definition) is 0. The predicted molar refractivity (Wildman–Crippen MR) is 112 cm³/mol. The number of aryl methyl sites for hydroxylation is 2. The molecule has 136 valence electrons. The van der Waals surface area contributed by atoms with Crippen LogP contribution in [0.15, 0.2) is 55.1 Å². The highest BCUT2D eigenvalue weighted by atomic mass is 14.3. The molecule has 0 spiro atoms. The molecule has 2 aliphatic carbocycles. The summed E-state index contributed by atoms with van der Waals surface area (Å²) in [6.07, 6.45) is 12.3. The summed E-state index contributed by atoms with van der Waals surface area (Å²) in [5.74, 6) is 2.21. The van der Waals surface area contributed by atoms with E-state index in [4.69, 9.17) is 0 Å². The lowest BCUT2D eigenvalue weighted by molar-refractivity contribution is 0.376. The van der Waals surface area contributed by atoms with Gasteiger partial charge >= 0.3 is 0 Å². The maximum atomic E-state index is 3.97. The van der Waals surface area contributed by atoms with Gasteiger partial charge in [0.1, 0.15) is 0 Å². The van der Waals surface area contributed by atoms with Gasteiger partial charge in [-0.25, -0.2) is 0 Å². The first-order chi connectivity index (χ1) is 12.8. The van der Waals surface area contributed by atoms with Crippen LogP contribution in [0.4, 0.5) is 0 Å². The molecule has 2 aliphatic rings. The highest BCUT2D eigenvalue weighted by molar-refractivity contribution is 5.38. The standard InChI is InChI=1S/C26H32/c1-3-19-5-8-21(9-6-19)22-11-13-23(14-12-22)25-16-15-24-17-20(4-2)7-10-26(24)18-25/h3,7,10-14,17,19,21,25H,1,4-6,8-9,15-16,18H2,2H3. The Morgan fingerprint density at radius 1 is 0.846 bits per heavy atom. The smallest absolute Gasteiger partial charge is 0.0118 e. The Bertz CT molecular complexity index is 744. The van der Waals surface area contributed by atoms with E-state index in [0.29, 0.717) is 5.92 Å². The number of rotatable bonds is 4. The predicted octanol–water partition coefficient (Wildman–Crippen LogP) is 6.98. The van der Waals surface area contributed by atoms with E-state index < -0.39 is 0 Å². The SMILES string of the molecule is C=CC1CCC(c2ccc(C3CCc4cc(CC)ccc4C3)cc2)CC1. The zero-order chi connectivity index (χ0) is 17.9. The van der Waals surface area contributed by atoms with Crippen molar-refractivity contribution in [3.63, 3.8) is 0 Å². The monoisotopic (exact) mass is 344 g/mol. The second-order valence-electron chi connectivity index (χ2n) is 8.41. The van der Waals surface area contributed by atoms with Gasteiger partial charge in [0.2, 0.25) is 0 Å². The van der Waals surface area contributed by atoms with Gasteiger partial charge < -0.3 is 0 Å². The van der Waals surface area contributed by atoms with Crippen molar-refractivity contribution >= 4 is 0 Å². The Balaban J connectivity index is 1.43. The third kappa shape index (κ3) is 3.65. The Labute approximate surface area is 159 Å². The van der Waals surface area contributed by atoms with Gasteiger partial charge in [0.15, 0.2) is 0 Å². The summed E-state index contributed by atoms with van der Waals surface area (Å²) in [5, 5.41) is 0. The van der Waals surface area contributed by atoms with Gasteiger partial charge in [0.05, 0.1) is 0 Å². The van der Waals surface area contributed by atoms with Crippen LogP contribution in [0.5, 0.6) is 0 Å². The third-order valence-corrected chi connectivity index (χ3v) is 6.89. The van der Waals surface area contributed by atoms with E-state index in [1.807, 2.05) is 0 Å². The molecule has 0 nitrogen and oxygen atoms in total. The van der Waals surface area contributed by atoms with Crippen molar-refractivity contribution in [3.05, 3.63) is 82.9 Å². The zero-order valence-corrected chi connectivity index (χ0v) is 16.2. The molecule has 26 heavy (non-hydrogen) atoms.